The molecule has 1 unspecified atom stereocenters. The predicted octanol–water partition coefficient (Wildman–Crippen LogP) is 3.38. The molecule has 0 saturated carbocycles. The van der Waals surface area contributed by atoms with Gasteiger partial charge in [0.2, 0.25) is 0 Å². The van der Waals surface area contributed by atoms with Crippen molar-refractivity contribution in [2.24, 2.45) is 0 Å². The number of ether oxygens (including phenoxy) is 1. The van der Waals surface area contributed by atoms with Crippen LogP contribution in [-0.2, 0) is 4.79 Å². The summed E-state index contributed by atoms with van der Waals surface area (Å²) >= 11 is 0. The topological polar surface area (TPSA) is 62.1 Å². The Morgan fingerprint density at radius 2 is 1.78 bits per heavy atom. The maximum Gasteiger partial charge on any atom is 0.265 e. The summed E-state index contributed by atoms with van der Waals surface area (Å²) in [6, 6.07) is 9.58. The fraction of sp³-hybridized carbons (Fsp3) is 0.125. The molecule has 0 bridgehead atoms. The van der Waals surface area contributed by atoms with Gasteiger partial charge in [0.25, 0.3) is 5.91 Å². The Morgan fingerprint density at radius 3 is 2.39 bits per heavy atom. The SMILES string of the molecule is CC(Oc1ccc(C#N)cc1)C(=O)Nc1ccc(F)c(F)c1F. The molecule has 1 N–H and O–H groups in total. The van der Waals surface area contributed by atoms with Gasteiger partial charge in [-0.3, -0.25) is 4.79 Å². The smallest absolute Gasteiger partial charge is 0.265 e. The van der Waals surface area contributed by atoms with Crippen molar-refractivity contribution >= 4 is 11.6 Å². The molecule has 4 nitrogen and oxygen atoms in total. The summed E-state index contributed by atoms with van der Waals surface area (Å²) in [5, 5.41) is 10.8. The normalized spacial score (nSPS) is 11.4. The number of hydrogen-bond donors (Lipinski definition) is 1. The Morgan fingerprint density at radius 1 is 1.13 bits per heavy atom. The number of halogens is 3. The molecule has 2 aromatic carbocycles. The van der Waals surface area contributed by atoms with E-state index in [4.69, 9.17) is 10.00 Å². The lowest BCUT2D eigenvalue weighted by molar-refractivity contribution is -0.122. The molecule has 0 aliphatic heterocycles. The van der Waals surface area contributed by atoms with E-state index in [-0.39, 0.29) is 0 Å². The van der Waals surface area contributed by atoms with Gasteiger partial charge >= 0.3 is 0 Å². The van der Waals surface area contributed by atoms with Gasteiger partial charge in [-0.25, -0.2) is 13.2 Å². The Kier molecular flexibility index (Phi) is 4.86. The Bertz CT molecular complexity index is 770. The van der Waals surface area contributed by atoms with E-state index in [1.807, 2.05) is 6.07 Å². The van der Waals surface area contributed by atoms with Gasteiger partial charge in [0.1, 0.15) is 5.75 Å². The lowest BCUT2D eigenvalue weighted by Gasteiger charge is -2.15. The van der Waals surface area contributed by atoms with Crippen LogP contribution in [0.4, 0.5) is 18.9 Å². The molecule has 0 aliphatic carbocycles. The monoisotopic (exact) mass is 320 g/mol. The van der Waals surface area contributed by atoms with Crippen LogP contribution in [0, 0.1) is 28.8 Å². The molecule has 0 aromatic heterocycles. The van der Waals surface area contributed by atoms with E-state index in [1.165, 1.54) is 31.2 Å². The number of hydrogen-bond acceptors (Lipinski definition) is 3. The molecule has 118 valence electrons. The van der Waals surface area contributed by atoms with E-state index in [1.54, 1.807) is 0 Å². The van der Waals surface area contributed by atoms with Crippen LogP contribution in [0.5, 0.6) is 5.75 Å². The Balaban J connectivity index is 2.05. The van der Waals surface area contributed by atoms with Crippen molar-refractivity contribution in [3.05, 3.63) is 59.4 Å². The number of nitrogens with zero attached hydrogens (tertiary/aromatic N) is 1. The van der Waals surface area contributed by atoms with Gasteiger partial charge in [0.15, 0.2) is 23.6 Å². The average molecular weight is 320 g/mol. The lowest BCUT2D eigenvalue weighted by atomic mass is 10.2. The van der Waals surface area contributed by atoms with Crippen molar-refractivity contribution in [2.45, 2.75) is 13.0 Å². The van der Waals surface area contributed by atoms with Crippen molar-refractivity contribution in [3.8, 4) is 11.8 Å². The highest BCUT2D eigenvalue weighted by molar-refractivity contribution is 5.94. The van der Waals surface area contributed by atoms with Crippen molar-refractivity contribution in [1.82, 2.24) is 0 Å². The van der Waals surface area contributed by atoms with E-state index in [2.05, 4.69) is 5.32 Å². The maximum atomic E-state index is 13.5. The standard InChI is InChI=1S/C16H11F3N2O2/c1-9(23-11-4-2-10(8-20)3-5-11)16(22)21-13-7-6-12(17)14(18)15(13)19/h2-7,9H,1H3,(H,21,22). The number of carbonyl (C=O) groups excluding carboxylic acids is 1. The summed E-state index contributed by atoms with van der Waals surface area (Å²) in [4.78, 5) is 11.9. The van der Waals surface area contributed by atoms with Gasteiger partial charge in [0, 0.05) is 0 Å². The van der Waals surface area contributed by atoms with E-state index in [0.29, 0.717) is 17.4 Å². The van der Waals surface area contributed by atoms with Gasteiger partial charge < -0.3 is 10.1 Å². The van der Waals surface area contributed by atoms with Gasteiger partial charge in [-0.2, -0.15) is 5.26 Å². The zero-order valence-corrected chi connectivity index (χ0v) is 11.9. The van der Waals surface area contributed by atoms with Crippen molar-refractivity contribution in [2.75, 3.05) is 5.32 Å². The first-order chi connectivity index (χ1) is 10.9. The quantitative estimate of drug-likeness (QED) is 0.879. The fourth-order valence-electron chi connectivity index (χ4n) is 1.72. The third kappa shape index (κ3) is 3.80. The predicted molar refractivity (Wildman–Crippen MR) is 76.2 cm³/mol. The van der Waals surface area contributed by atoms with Crippen LogP contribution < -0.4 is 10.1 Å². The molecule has 0 fully saturated rings. The summed E-state index contributed by atoms with van der Waals surface area (Å²) in [5.41, 5.74) is -0.0532. The molecule has 0 heterocycles. The molecule has 0 aliphatic rings. The second-order valence-corrected chi connectivity index (χ2v) is 4.61. The van der Waals surface area contributed by atoms with E-state index in [0.717, 1.165) is 6.07 Å². The van der Waals surface area contributed by atoms with E-state index >= 15 is 0 Å². The minimum absolute atomic E-state index is 0.331. The number of benzene rings is 2. The molecular weight excluding hydrogens is 309 g/mol. The molecule has 2 rings (SSSR count). The molecule has 2 aromatic rings. The van der Waals surface area contributed by atoms with E-state index in [9.17, 15) is 18.0 Å². The van der Waals surface area contributed by atoms with Crippen molar-refractivity contribution in [3.63, 3.8) is 0 Å². The number of carbonyl (C=O) groups is 1. The third-order valence-corrected chi connectivity index (χ3v) is 2.96. The number of rotatable bonds is 4. The second kappa shape index (κ2) is 6.83. The molecule has 0 spiro atoms. The van der Waals surface area contributed by atoms with Crippen molar-refractivity contribution in [1.29, 1.82) is 5.26 Å². The van der Waals surface area contributed by atoms with Gasteiger partial charge in [0.05, 0.1) is 17.3 Å². The molecule has 1 amide bonds. The van der Waals surface area contributed by atoms with Gasteiger partial charge in [-0.1, -0.05) is 0 Å². The van der Waals surface area contributed by atoms with Crippen LogP contribution in [0.2, 0.25) is 0 Å². The summed E-state index contributed by atoms with van der Waals surface area (Å²) in [6.45, 7) is 1.41. The number of nitriles is 1. The van der Waals surface area contributed by atoms with Gasteiger partial charge in [-0.05, 0) is 43.3 Å². The molecule has 0 saturated heterocycles. The zero-order chi connectivity index (χ0) is 17.0. The largest absolute Gasteiger partial charge is 0.481 e. The zero-order valence-electron chi connectivity index (χ0n) is 11.9. The minimum atomic E-state index is -1.66. The number of anilines is 1. The highest BCUT2D eigenvalue weighted by Gasteiger charge is 2.19. The van der Waals surface area contributed by atoms with Crippen LogP contribution in [0.1, 0.15) is 12.5 Å². The van der Waals surface area contributed by atoms with Crippen LogP contribution in [0.3, 0.4) is 0 Å². The second-order valence-electron chi connectivity index (χ2n) is 4.61. The van der Waals surface area contributed by atoms with Crippen LogP contribution >= 0.6 is 0 Å². The molecule has 0 radical (unpaired) electrons. The Labute approximate surface area is 130 Å². The number of amides is 1. The summed E-state index contributed by atoms with van der Waals surface area (Å²) in [5.74, 6) is -4.90. The molecule has 1 atom stereocenters. The van der Waals surface area contributed by atoms with Gasteiger partial charge in [-0.15, -0.1) is 0 Å². The van der Waals surface area contributed by atoms with Crippen LogP contribution in [0.15, 0.2) is 36.4 Å². The summed E-state index contributed by atoms with van der Waals surface area (Å²) in [7, 11) is 0. The summed E-state index contributed by atoms with van der Waals surface area (Å²) in [6.07, 6.45) is -1.02. The Hall–Kier alpha value is -3.01. The molecule has 7 heteroatoms. The fourth-order valence-corrected chi connectivity index (χ4v) is 1.72. The third-order valence-electron chi connectivity index (χ3n) is 2.96. The van der Waals surface area contributed by atoms with Crippen LogP contribution in [0.25, 0.3) is 0 Å². The first-order valence-electron chi connectivity index (χ1n) is 6.53. The average Bonchev–Trinajstić information content (AvgIpc) is 2.56. The highest BCUT2D eigenvalue weighted by atomic mass is 19.2. The maximum absolute atomic E-state index is 13.5. The highest BCUT2D eigenvalue weighted by Crippen LogP contribution is 2.20. The number of nitrogens with one attached hydrogen (secondary N) is 1. The van der Waals surface area contributed by atoms with E-state index < -0.39 is 35.2 Å². The summed E-state index contributed by atoms with van der Waals surface area (Å²) < 4.78 is 44.8. The minimum Gasteiger partial charge on any atom is -0.481 e. The molecule has 23 heavy (non-hydrogen) atoms. The first kappa shape index (κ1) is 16.4. The first-order valence-corrected chi connectivity index (χ1v) is 6.53. The lowest BCUT2D eigenvalue weighted by Crippen LogP contribution is -2.30. The molecular formula is C16H11F3N2O2. The van der Waals surface area contributed by atoms with Crippen molar-refractivity contribution < 1.29 is 22.7 Å². The van der Waals surface area contributed by atoms with Crippen LogP contribution in [-0.4, -0.2) is 12.0 Å².